The maximum absolute atomic E-state index is 4.96. The summed E-state index contributed by atoms with van der Waals surface area (Å²) < 4.78 is 0. The first-order valence-electron chi connectivity index (χ1n) is 7.25. The molecule has 96 valence electrons. The van der Waals surface area contributed by atoms with E-state index < -0.39 is 0 Å². The molecule has 2 aromatic rings. The molecule has 2 fully saturated rings. The topological polar surface area (TPSA) is 25.8 Å². The number of benzene rings is 1. The van der Waals surface area contributed by atoms with Gasteiger partial charge >= 0.3 is 0 Å². The van der Waals surface area contributed by atoms with E-state index in [1.54, 1.807) is 0 Å². The fourth-order valence-corrected chi connectivity index (χ4v) is 6.11. The van der Waals surface area contributed by atoms with Crippen molar-refractivity contribution in [1.82, 2.24) is 9.97 Å². The Morgan fingerprint density at radius 3 is 1.95 bits per heavy atom. The number of nitrogens with zero attached hydrogens (tertiary/aromatic N) is 2. The Morgan fingerprint density at radius 1 is 0.895 bits per heavy atom. The first-order chi connectivity index (χ1) is 9.34. The third kappa shape index (κ3) is 1.23. The highest BCUT2D eigenvalue weighted by Crippen LogP contribution is 2.65. The molecule has 19 heavy (non-hydrogen) atoms. The van der Waals surface area contributed by atoms with Crippen LogP contribution in [0.5, 0.6) is 0 Å². The number of fused-ring (bicyclic) bond motifs is 9. The van der Waals surface area contributed by atoms with Crippen molar-refractivity contribution in [2.24, 2.45) is 11.8 Å². The predicted molar refractivity (Wildman–Crippen MR) is 78.6 cm³/mol. The second-order valence-corrected chi connectivity index (χ2v) is 7.29. The van der Waals surface area contributed by atoms with Crippen molar-refractivity contribution in [1.29, 1.82) is 0 Å². The van der Waals surface area contributed by atoms with Crippen molar-refractivity contribution in [2.45, 2.75) is 35.9 Å². The molecule has 5 atom stereocenters. The minimum absolute atomic E-state index is 0.578. The van der Waals surface area contributed by atoms with E-state index in [4.69, 9.17) is 9.97 Å². The lowest BCUT2D eigenvalue weighted by Crippen LogP contribution is -2.19. The average molecular weight is 315 g/mol. The normalized spacial score (nSPS) is 38.7. The van der Waals surface area contributed by atoms with Crippen LogP contribution in [-0.4, -0.2) is 14.8 Å². The zero-order valence-electron chi connectivity index (χ0n) is 10.6. The van der Waals surface area contributed by atoms with E-state index >= 15 is 0 Å². The molecule has 1 aromatic carbocycles. The van der Waals surface area contributed by atoms with Gasteiger partial charge in [-0.1, -0.05) is 34.5 Å². The molecule has 0 saturated heterocycles. The van der Waals surface area contributed by atoms with E-state index in [9.17, 15) is 0 Å². The van der Waals surface area contributed by atoms with Crippen LogP contribution in [0.2, 0.25) is 0 Å². The molecule has 0 spiro atoms. The van der Waals surface area contributed by atoms with Gasteiger partial charge in [-0.2, -0.15) is 0 Å². The summed E-state index contributed by atoms with van der Waals surface area (Å²) in [5, 5.41) is 0. The highest BCUT2D eigenvalue weighted by Gasteiger charge is 2.59. The number of aromatic nitrogens is 2. The van der Waals surface area contributed by atoms with Crippen molar-refractivity contribution in [3.05, 3.63) is 35.7 Å². The Bertz CT molecular complexity index is 627. The minimum atomic E-state index is 0.578. The lowest BCUT2D eigenvalue weighted by atomic mass is 9.82. The minimum Gasteiger partial charge on any atom is -0.249 e. The van der Waals surface area contributed by atoms with Gasteiger partial charge in [-0.05, 0) is 36.8 Å². The molecule has 2 saturated carbocycles. The molecule has 0 radical (unpaired) electrons. The average Bonchev–Trinajstić information content (AvgIpc) is 3.05. The molecule has 2 nitrogen and oxygen atoms in total. The Kier molecular flexibility index (Phi) is 2.03. The van der Waals surface area contributed by atoms with Crippen LogP contribution in [0.15, 0.2) is 24.3 Å². The molecule has 5 rings (SSSR count). The van der Waals surface area contributed by atoms with E-state index in [0.29, 0.717) is 16.7 Å². The summed E-state index contributed by atoms with van der Waals surface area (Å²) in [4.78, 5) is 10.5. The van der Waals surface area contributed by atoms with Gasteiger partial charge < -0.3 is 0 Å². The lowest BCUT2D eigenvalue weighted by molar-refractivity contribution is 0.372. The fraction of sp³-hybridized carbons (Fsp3) is 0.500. The fourth-order valence-electron chi connectivity index (χ4n) is 4.83. The Hall–Kier alpha value is -0.960. The van der Waals surface area contributed by atoms with Crippen LogP contribution in [-0.2, 0) is 0 Å². The van der Waals surface area contributed by atoms with Crippen molar-refractivity contribution in [2.75, 3.05) is 0 Å². The second kappa shape index (κ2) is 3.57. The molecule has 3 aliphatic rings. The molecular weight excluding hydrogens is 300 g/mol. The van der Waals surface area contributed by atoms with E-state index in [1.165, 1.54) is 30.7 Å². The first-order valence-corrected chi connectivity index (χ1v) is 8.17. The summed E-state index contributed by atoms with van der Waals surface area (Å²) >= 11 is 3.96. The van der Waals surface area contributed by atoms with Crippen LogP contribution in [0.25, 0.3) is 11.0 Å². The zero-order chi connectivity index (χ0) is 12.6. The van der Waals surface area contributed by atoms with Gasteiger partial charge in [0, 0.05) is 16.7 Å². The van der Waals surface area contributed by atoms with Crippen LogP contribution in [0, 0.1) is 11.8 Å². The SMILES string of the molecule is BrC1[C@H]2c3nc4ccccc4nc3[C@@H]1[C@H]1CCC[C@H]12. The van der Waals surface area contributed by atoms with Gasteiger partial charge in [0.2, 0.25) is 0 Å². The van der Waals surface area contributed by atoms with Gasteiger partial charge in [-0.3, -0.25) is 0 Å². The summed E-state index contributed by atoms with van der Waals surface area (Å²) in [7, 11) is 0. The predicted octanol–water partition coefficient (Wildman–Crippen LogP) is 4.00. The van der Waals surface area contributed by atoms with Crippen molar-refractivity contribution < 1.29 is 0 Å². The van der Waals surface area contributed by atoms with Crippen LogP contribution in [0.1, 0.15) is 42.5 Å². The Balaban J connectivity index is 1.78. The monoisotopic (exact) mass is 314 g/mol. The number of rotatable bonds is 0. The third-order valence-corrected chi connectivity index (χ3v) is 6.63. The van der Waals surface area contributed by atoms with Gasteiger partial charge in [0.25, 0.3) is 0 Å². The van der Waals surface area contributed by atoms with E-state index in [0.717, 1.165) is 22.9 Å². The van der Waals surface area contributed by atoms with Gasteiger partial charge in [0.1, 0.15) is 0 Å². The highest BCUT2D eigenvalue weighted by molar-refractivity contribution is 9.09. The maximum atomic E-state index is 4.96. The van der Waals surface area contributed by atoms with Gasteiger partial charge in [-0.25, -0.2) is 9.97 Å². The van der Waals surface area contributed by atoms with Crippen LogP contribution >= 0.6 is 15.9 Å². The van der Waals surface area contributed by atoms with Crippen molar-refractivity contribution >= 4 is 27.0 Å². The first kappa shape index (κ1) is 10.8. The summed E-state index contributed by atoms with van der Waals surface area (Å²) in [5.41, 5.74) is 4.72. The number of hydrogen-bond acceptors (Lipinski definition) is 2. The molecular formula is C16H15BrN2. The zero-order valence-corrected chi connectivity index (χ0v) is 12.2. The van der Waals surface area contributed by atoms with Gasteiger partial charge in [0.05, 0.1) is 22.4 Å². The quantitative estimate of drug-likeness (QED) is 0.687. The summed E-state index contributed by atoms with van der Waals surface area (Å²) in [5.74, 6) is 2.95. The number of para-hydroxylation sites is 2. The lowest BCUT2D eigenvalue weighted by Gasteiger charge is -2.25. The summed E-state index contributed by atoms with van der Waals surface area (Å²) in [6, 6.07) is 8.29. The second-order valence-electron chi connectivity index (χ2n) is 6.24. The Morgan fingerprint density at radius 2 is 1.42 bits per heavy atom. The third-order valence-electron chi connectivity index (χ3n) is 5.49. The standard InChI is InChI=1S/C16H15BrN2/c17-14-12-8-4-3-5-9(8)13(14)16-15(12)18-10-6-1-2-7-11(10)19-16/h1-2,6-9,12-14H,3-5H2/t8-,9+,12+,13-,14?. The number of alkyl halides is 1. The smallest absolute Gasteiger partial charge is 0.0890 e. The molecule has 1 heterocycles. The molecule has 3 heteroatoms. The number of halogens is 1. The van der Waals surface area contributed by atoms with Crippen LogP contribution in [0.3, 0.4) is 0 Å². The Labute approximate surface area is 120 Å². The van der Waals surface area contributed by atoms with E-state index in [2.05, 4.69) is 40.2 Å². The maximum Gasteiger partial charge on any atom is 0.0890 e. The van der Waals surface area contributed by atoms with Crippen LogP contribution < -0.4 is 0 Å². The number of hydrogen-bond donors (Lipinski definition) is 0. The van der Waals surface area contributed by atoms with Gasteiger partial charge in [0.15, 0.2) is 0 Å². The summed E-state index contributed by atoms with van der Waals surface area (Å²) in [6.07, 6.45) is 4.18. The highest BCUT2D eigenvalue weighted by atomic mass is 79.9. The van der Waals surface area contributed by atoms with Crippen LogP contribution in [0.4, 0.5) is 0 Å². The molecule has 0 aliphatic heterocycles. The molecule has 0 amide bonds. The van der Waals surface area contributed by atoms with Gasteiger partial charge in [-0.15, -0.1) is 0 Å². The van der Waals surface area contributed by atoms with Crippen molar-refractivity contribution in [3.63, 3.8) is 0 Å². The molecule has 2 bridgehead atoms. The summed E-state index contributed by atoms with van der Waals surface area (Å²) in [6.45, 7) is 0. The molecule has 1 aromatic heterocycles. The van der Waals surface area contributed by atoms with Crippen molar-refractivity contribution in [3.8, 4) is 0 Å². The van der Waals surface area contributed by atoms with E-state index in [1.807, 2.05) is 0 Å². The largest absolute Gasteiger partial charge is 0.249 e. The molecule has 1 unspecified atom stereocenters. The molecule has 0 N–H and O–H groups in total. The molecule has 3 aliphatic carbocycles. The van der Waals surface area contributed by atoms with E-state index in [-0.39, 0.29) is 0 Å².